The van der Waals surface area contributed by atoms with E-state index < -0.39 is 27.6 Å². The lowest BCUT2D eigenvalue weighted by Crippen LogP contribution is -2.45. The van der Waals surface area contributed by atoms with E-state index in [1.54, 1.807) is 0 Å². The number of rotatable bonds is 5. The second-order valence-electron chi connectivity index (χ2n) is 7.82. The number of fused-ring (bicyclic) bond motifs is 1. The van der Waals surface area contributed by atoms with Gasteiger partial charge in [-0.2, -0.15) is 17.2 Å². The standard InChI is InChI=1S/C14H20F2O5S/c1-12(17)9-2-10-7(3-13(10)4-11(12)13)8(9)5-21-6-14(15,16)22(18,19)20/h7-11,17H,2-6H2,1H3,(H,18,19,20)/t7?,8-,9?,10?,11?,12?,13?/m1/s1. The minimum absolute atomic E-state index is 0.00405. The minimum atomic E-state index is -5.45. The van der Waals surface area contributed by atoms with Gasteiger partial charge >= 0.3 is 15.4 Å². The Morgan fingerprint density at radius 1 is 1.32 bits per heavy atom. The van der Waals surface area contributed by atoms with Gasteiger partial charge in [0.1, 0.15) is 6.61 Å². The van der Waals surface area contributed by atoms with Crippen molar-refractivity contribution in [2.24, 2.45) is 35.0 Å². The summed E-state index contributed by atoms with van der Waals surface area (Å²) in [4.78, 5) is 0. The summed E-state index contributed by atoms with van der Waals surface area (Å²) >= 11 is 0. The maximum atomic E-state index is 13.2. The molecule has 0 amide bonds. The fourth-order valence-corrected chi connectivity index (χ4v) is 6.14. The molecule has 0 aliphatic heterocycles. The highest BCUT2D eigenvalue weighted by atomic mass is 32.2. The molecule has 0 aromatic rings. The van der Waals surface area contributed by atoms with Gasteiger partial charge in [0.2, 0.25) is 0 Å². The Hall–Kier alpha value is -0.310. The van der Waals surface area contributed by atoms with E-state index in [4.69, 9.17) is 9.29 Å². The van der Waals surface area contributed by atoms with E-state index in [0.29, 0.717) is 17.8 Å². The molecule has 6 unspecified atom stereocenters. The number of hydrogen-bond acceptors (Lipinski definition) is 4. The molecule has 0 saturated heterocycles. The predicted octanol–water partition coefficient (Wildman–Crippen LogP) is 1.53. The maximum absolute atomic E-state index is 13.2. The van der Waals surface area contributed by atoms with Gasteiger partial charge < -0.3 is 9.84 Å². The second kappa shape index (κ2) is 4.02. The Morgan fingerprint density at radius 3 is 2.64 bits per heavy atom. The number of hydrogen-bond donors (Lipinski definition) is 2. The van der Waals surface area contributed by atoms with Crippen molar-refractivity contribution in [3.05, 3.63) is 0 Å². The van der Waals surface area contributed by atoms with Gasteiger partial charge in [0, 0.05) is 0 Å². The minimum Gasteiger partial charge on any atom is -0.390 e. The smallest absolute Gasteiger partial charge is 0.390 e. The van der Waals surface area contributed by atoms with Gasteiger partial charge in [-0.05, 0) is 61.2 Å². The molecule has 8 heteroatoms. The van der Waals surface area contributed by atoms with Gasteiger partial charge in [0.15, 0.2) is 0 Å². The topological polar surface area (TPSA) is 83.8 Å². The Balaban J connectivity index is 1.43. The van der Waals surface area contributed by atoms with Crippen LogP contribution in [-0.4, -0.2) is 42.1 Å². The van der Waals surface area contributed by atoms with Crippen LogP contribution in [0.4, 0.5) is 8.78 Å². The van der Waals surface area contributed by atoms with E-state index in [-0.39, 0.29) is 23.9 Å². The van der Waals surface area contributed by atoms with Crippen molar-refractivity contribution in [2.75, 3.05) is 13.2 Å². The zero-order valence-electron chi connectivity index (χ0n) is 12.2. The molecule has 2 bridgehead atoms. The van der Waals surface area contributed by atoms with Crippen molar-refractivity contribution in [2.45, 2.75) is 37.0 Å². The average molecular weight is 338 g/mol. The monoisotopic (exact) mass is 338 g/mol. The quantitative estimate of drug-likeness (QED) is 0.743. The van der Waals surface area contributed by atoms with Crippen molar-refractivity contribution in [1.82, 2.24) is 0 Å². The Morgan fingerprint density at radius 2 is 2.00 bits per heavy atom. The first kappa shape index (κ1) is 15.2. The molecule has 5 nitrogen and oxygen atoms in total. The second-order valence-corrected chi connectivity index (χ2v) is 9.37. The first-order valence-corrected chi connectivity index (χ1v) is 9.10. The fraction of sp³-hybridized carbons (Fsp3) is 1.00. The first-order valence-electron chi connectivity index (χ1n) is 7.66. The highest BCUT2D eigenvalue weighted by molar-refractivity contribution is 7.86. The number of aliphatic hydroxyl groups is 1. The highest BCUT2D eigenvalue weighted by Crippen LogP contribution is 2.84. The van der Waals surface area contributed by atoms with E-state index >= 15 is 0 Å². The lowest BCUT2D eigenvalue weighted by atomic mass is 9.59. The summed E-state index contributed by atoms with van der Waals surface area (Å²) in [7, 11) is -5.45. The van der Waals surface area contributed by atoms with Crippen LogP contribution in [0.25, 0.3) is 0 Å². The molecule has 0 aromatic carbocycles. The molecule has 4 rings (SSSR count). The SMILES string of the molecule is CC1(O)C2CC3C(CC34CC14)[C@H]2COCC(F)(F)S(=O)(=O)O. The van der Waals surface area contributed by atoms with Crippen LogP contribution >= 0.6 is 0 Å². The van der Waals surface area contributed by atoms with E-state index in [0.717, 1.165) is 19.3 Å². The molecule has 2 N–H and O–H groups in total. The molecule has 22 heavy (non-hydrogen) atoms. The molecule has 1 spiro atoms. The molecule has 0 heterocycles. The fourth-order valence-electron chi connectivity index (χ4n) is 5.91. The normalized spacial score (nSPS) is 52.1. The molecule has 0 aromatic heterocycles. The molecular formula is C14H20F2O5S. The summed E-state index contributed by atoms with van der Waals surface area (Å²) in [5.41, 5.74) is -0.487. The Labute approximate surface area is 127 Å². The zero-order chi connectivity index (χ0) is 16.1. The third-order valence-electron chi connectivity index (χ3n) is 6.98. The average Bonchev–Trinajstić information content (AvgIpc) is 3.06. The van der Waals surface area contributed by atoms with Gasteiger partial charge in [-0.1, -0.05) is 0 Å². The van der Waals surface area contributed by atoms with Crippen LogP contribution in [0.3, 0.4) is 0 Å². The van der Waals surface area contributed by atoms with Gasteiger partial charge in [-0.3, -0.25) is 4.55 Å². The highest BCUT2D eigenvalue weighted by Gasteiger charge is 2.81. The molecule has 0 radical (unpaired) electrons. The van der Waals surface area contributed by atoms with Crippen molar-refractivity contribution in [1.29, 1.82) is 0 Å². The van der Waals surface area contributed by atoms with E-state index in [1.807, 2.05) is 6.92 Å². The van der Waals surface area contributed by atoms with Crippen LogP contribution in [-0.2, 0) is 14.9 Å². The van der Waals surface area contributed by atoms with Crippen LogP contribution in [0.5, 0.6) is 0 Å². The van der Waals surface area contributed by atoms with Gasteiger partial charge in [0.05, 0.1) is 12.2 Å². The van der Waals surface area contributed by atoms with Crippen LogP contribution in [0.1, 0.15) is 26.2 Å². The summed E-state index contributed by atoms with van der Waals surface area (Å²) in [5.74, 6) is 1.31. The lowest BCUT2D eigenvalue weighted by molar-refractivity contribution is -0.0795. The molecule has 126 valence electrons. The molecule has 4 aliphatic carbocycles. The lowest BCUT2D eigenvalue weighted by Gasteiger charge is -2.46. The zero-order valence-corrected chi connectivity index (χ0v) is 13.0. The molecule has 7 atom stereocenters. The van der Waals surface area contributed by atoms with Crippen LogP contribution in [0, 0.1) is 35.0 Å². The van der Waals surface area contributed by atoms with E-state index in [1.165, 1.54) is 0 Å². The van der Waals surface area contributed by atoms with Crippen LogP contribution in [0.2, 0.25) is 0 Å². The Bertz CT molecular complexity index is 619. The summed E-state index contributed by atoms with van der Waals surface area (Å²) in [6, 6.07) is 0. The maximum Gasteiger partial charge on any atom is 0.392 e. The summed E-state index contributed by atoms with van der Waals surface area (Å²) in [6.45, 7) is 0.507. The van der Waals surface area contributed by atoms with Crippen LogP contribution < -0.4 is 0 Å². The third kappa shape index (κ3) is 1.70. The number of ether oxygens (including phenoxy) is 1. The molecule has 4 fully saturated rings. The largest absolute Gasteiger partial charge is 0.392 e. The van der Waals surface area contributed by atoms with Crippen molar-refractivity contribution < 1.29 is 31.6 Å². The Kier molecular flexibility index (Phi) is 2.78. The third-order valence-corrected chi connectivity index (χ3v) is 7.85. The predicted molar refractivity (Wildman–Crippen MR) is 71.7 cm³/mol. The number of halogens is 2. The first-order chi connectivity index (χ1) is 10.0. The summed E-state index contributed by atoms with van der Waals surface area (Å²) < 4.78 is 60.9. The van der Waals surface area contributed by atoms with Crippen LogP contribution in [0.15, 0.2) is 0 Å². The molecule has 4 aliphatic rings. The van der Waals surface area contributed by atoms with E-state index in [2.05, 4.69) is 0 Å². The van der Waals surface area contributed by atoms with Gasteiger partial charge in [0.25, 0.3) is 0 Å². The molecule has 4 saturated carbocycles. The summed E-state index contributed by atoms with van der Waals surface area (Å²) in [6.07, 6.45) is 3.01. The van der Waals surface area contributed by atoms with Gasteiger partial charge in [-0.15, -0.1) is 0 Å². The number of alkyl halides is 2. The summed E-state index contributed by atoms with van der Waals surface area (Å²) in [5, 5.41) is 6.50. The molecular weight excluding hydrogens is 318 g/mol. The van der Waals surface area contributed by atoms with Crippen molar-refractivity contribution >= 4 is 10.1 Å². The van der Waals surface area contributed by atoms with Crippen molar-refractivity contribution in [3.8, 4) is 0 Å². The van der Waals surface area contributed by atoms with Crippen molar-refractivity contribution in [3.63, 3.8) is 0 Å². The van der Waals surface area contributed by atoms with Gasteiger partial charge in [-0.25, -0.2) is 0 Å². The van der Waals surface area contributed by atoms with E-state index in [9.17, 15) is 22.3 Å².